The Morgan fingerprint density at radius 2 is 2.12 bits per heavy atom. The molecule has 1 heterocycles. The van der Waals surface area contributed by atoms with Gasteiger partial charge in [-0.15, -0.1) is 0 Å². The van der Waals surface area contributed by atoms with Crippen molar-refractivity contribution in [2.45, 2.75) is 19.9 Å². The molecule has 1 atom stereocenters. The second-order valence-corrected chi connectivity index (χ2v) is 6.91. The van der Waals surface area contributed by atoms with Crippen molar-refractivity contribution in [2.24, 2.45) is 5.92 Å². The van der Waals surface area contributed by atoms with Gasteiger partial charge in [0.05, 0.1) is 13.0 Å². The Hall–Kier alpha value is -2.20. The summed E-state index contributed by atoms with van der Waals surface area (Å²) in [6.07, 6.45) is 0.643. The Bertz CT molecular complexity index is 791. The molecule has 3 rings (SSSR count). The smallest absolute Gasteiger partial charge is 0.229 e. The summed E-state index contributed by atoms with van der Waals surface area (Å²) < 4.78 is 11.2. The van der Waals surface area contributed by atoms with Crippen LogP contribution in [0.5, 0.6) is 11.5 Å². The molecular formula is C20H22ClNO3. The Balaban J connectivity index is 1.72. The molecule has 0 fully saturated rings. The zero-order valence-electron chi connectivity index (χ0n) is 14.7. The lowest BCUT2D eigenvalue weighted by Crippen LogP contribution is -2.38. The second-order valence-electron chi connectivity index (χ2n) is 6.47. The first-order valence-corrected chi connectivity index (χ1v) is 8.65. The number of fused-ring (bicyclic) bond motifs is 1. The van der Waals surface area contributed by atoms with Gasteiger partial charge < -0.3 is 14.4 Å². The maximum absolute atomic E-state index is 12.9. The van der Waals surface area contributed by atoms with E-state index in [1.165, 1.54) is 0 Å². The Kier molecular flexibility index (Phi) is 5.19. The van der Waals surface area contributed by atoms with E-state index in [0.717, 1.165) is 28.2 Å². The van der Waals surface area contributed by atoms with E-state index in [4.69, 9.17) is 21.1 Å². The number of carbonyl (C=O) groups excluding carboxylic acids is 1. The first-order chi connectivity index (χ1) is 12.0. The van der Waals surface area contributed by atoms with Gasteiger partial charge in [0.1, 0.15) is 18.1 Å². The van der Waals surface area contributed by atoms with Crippen LogP contribution in [0, 0.1) is 12.8 Å². The quantitative estimate of drug-likeness (QED) is 0.831. The highest BCUT2D eigenvalue weighted by Gasteiger charge is 2.28. The van der Waals surface area contributed by atoms with Gasteiger partial charge >= 0.3 is 0 Å². The zero-order chi connectivity index (χ0) is 18.0. The highest BCUT2D eigenvalue weighted by Crippen LogP contribution is 2.31. The molecular weight excluding hydrogens is 338 g/mol. The van der Waals surface area contributed by atoms with Crippen LogP contribution in [0.25, 0.3) is 0 Å². The fraction of sp³-hybridized carbons (Fsp3) is 0.350. The molecule has 0 aromatic heterocycles. The molecule has 0 saturated heterocycles. The largest absolute Gasteiger partial charge is 0.496 e. The average molecular weight is 360 g/mol. The summed E-state index contributed by atoms with van der Waals surface area (Å²) in [5, 5.41) is 0.660. The number of ether oxygens (including phenoxy) is 2. The van der Waals surface area contributed by atoms with Crippen LogP contribution in [0.2, 0.25) is 5.02 Å². The minimum absolute atomic E-state index is 0.0641. The van der Waals surface area contributed by atoms with Crippen molar-refractivity contribution in [3.05, 3.63) is 58.1 Å². The van der Waals surface area contributed by atoms with Gasteiger partial charge in [-0.1, -0.05) is 29.3 Å². The number of hydrogen-bond donors (Lipinski definition) is 0. The van der Waals surface area contributed by atoms with E-state index in [2.05, 4.69) is 6.07 Å². The standard InChI is InChI=1S/C20H22ClNO3/c1-13-4-6-18(24-3)15(8-13)11-22(2)20(23)16-9-14-10-17(21)5-7-19(14)25-12-16/h4-8,10,16H,9,11-12H2,1-3H3/t16-/m1/s1. The lowest BCUT2D eigenvalue weighted by molar-refractivity contribution is -0.136. The van der Waals surface area contributed by atoms with Crippen LogP contribution >= 0.6 is 11.6 Å². The highest BCUT2D eigenvalue weighted by atomic mass is 35.5. The number of amides is 1. The molecule has 0 N–H and O–H groups in total. The molecule has 1 aliphatic heterocycles. The predicted molar refractivity (Wildman–Crippen MR) is 98.3 cm³/mol. The fourth-order valence-electron chi connectivity index (χ4n) is 3.20. The number of carbonyl (C=O) groups is 1. The predicted octanol–water partition coefficient (Wildman–Crippen LogP) is 3.87. The maximum atomic E-state index is 12.9. The fourth-order valence-corrected chi connectivity index (χ4v) is 3.39. The van der Waals surface area contributed by atoms with Crippen molar-refractivity contribution in [2.75, 3.05) is 20.8 Å². The summed E-state index contributed by atoms with van der Waals surface area (Å²) in [5.74, 6) is 1.47. The van der Waals surface area contributed by atoms with Crippen molar-refractivity contribution in [3.8, 4) is 11.5 Å². The summed E-state index contributed by atoms with van der Waals surface area (Å²) in [7, 11) is 3.46. The first kappa shape index (κ1) is 17.6. The van der Waals surface area contributed by atoms with Crippen molar-refractivity contribution < 1.29 is 14.3 Å². The molecule has 2 aromatic carbocycles. The van der Waals surface area contributed by atoms with Gasteiger partial charge in [-0.3, -0.25) is 4.79 Å². The molecule has 25 heavy (non-hydrogen) atoms. The summed E-state index contributed by atoms with van der Waals surface area (Å²) in [6, 6.07) is 11.5. The van der Waals surface area contributed by atoms with Crippen LogP contribution in [0.1, 0.15) is 16.7 Å². The molecule has 1 aliphatic rings. The maximum Gasteiger partial charge on any atom is 0.229 e. The monoisotopic (exact) mass is 359 g/mol. The third-order valence-corrected chi connectivity index (χ3v) is 4.73. The van der Waals surface area contributed by atoms with E-state index >= 15 is 0 Å². The summed E-state index contributed by atoms with van der Waals surface area (Å²) in [6.45, 7) is 2.92. The molecule has 1 amide bonds. The van der Waals surface area contributed by atoms with Crippen LogP contribution < -0.4 is 9.47 Å². The van der Waals surface area contributed by atoms with Crippen molar-refractivity contribution in [3.63, 3.8) is 0 Å². The third kappa shape index (κ3) is 3.90. The lowest BCUT2D eigenvalue weighted by atomic mass is 9.95. The average Bonchev–Trinajstić information content (AvgIpc) is 2.60. The van der Waals surface area contributed by atoms with Crippen molar-refractivity contribution in [1.82, 2.24) is 4.90 Å². The van der Waals surface area contributed by atoms with Crippen LogP contribution in [0.15, 0.2) is 36.4 Å². The van der Waals surface area contributed by atoms with Gasteiger partial charge in [-0.25, -0.2) is 0 Å². The molecule has 2 aromatic rings. The molecule has 0 saturated carbocycles. The van der Waals surface area contributed by atoms with Crippen LogP contribution in [-0.2, 0) is 17.8 Å². The van der Waals surface area contributed by atoms with Gasteiger partial charge in [-0.05, 0) is 43.2 Å². The number of rotatable bonds is 4. The number of methoxy groups -OCH3 is 1. The molecule has 0 bridgehead atoms. The van der Waals surface area contributed by atoms with Gasteiger partial charge in [0.15, 0.2) is 0 Å². The van der Waals surface area contributed by atoms with Gasteiger partial charge in [-0.2, -0.15) is 0 Å². The molecule has 0 aliphatic carbocycles. The van der Waals surface area contributed by atoms with Crippen molar-refractivity contribution in [1.29, 1.82) is 0 Å². The van der Waals surface area contributed by atoms with Crippen LogP contribution in [-0.4, -0.2) is 31.6 Å². The zero-order valence-corrected chi connectivity index (χ0v) is 15.5. The van der Waals surface area contributed by atoms with E-state index in [1.54, 1.807) is 18.1 Å². The number of benzene rings is 2. The number of hydrogen-bond acceptors (Lipinski definition) is 3. The SMILES string of the molecule is COc1ccc(C)cc1CN(C)C(=O)[C@H]1COc2ccc(Cl)cc2C1. The van der Waals surface area contributed by atoms with Gasteiger partial charge in [0.25, 0.3) is 0 Å². The summed E-state index contributed by atoms with van der Waals surface area (Å²) in [5.41, 5.74) is 3.12. The third-order valence-electron chi connectivity index (χ3n) is 4.50. The Morgan fingerprint density at radius 3 is 2.88 bits per heavy atom. The van der Waals surface area contributed by atoms with E-state index < -0.39 is 0 Å². The molecule has 132 valence electrons. The topological polar surface area (TPSA) is 38.8 Å². The summed E-state index contributed by atoms with van der Waals surface area (Å²) >= 11 is 6.06. The minimum atomic E-state index is -0.202. The normalized spacial score (nSPS) is 15.9. The van der Waals surface area contributed by atoms with E-state index in [0.29, 0.717) is 24.6 Å². The van der Waals surface area contributed by atoms with E-state index in [1.807, 2.05) is 38.2 Å². The van der Waals surface area contributed by atoms with Gasteiger partial charge in [0.2, 0.25) is 5.91 Å². The molecule has 0 unspecified atom stereocenters. The highest BCUT2D eigenvalue weighted by molar-refractivity contribution is 6.30. The number of aryl methyl sites for hydroxylation is 1. The molecule has 0 radical (unpaired) electrons. The minimum Gasteiger partial charge on any atom is -0.496 e. The molecule has 4 nitrogen and oxygen atoms in total. The van der Waals surface area contributed by atoms with Crippen LogP contribution in [0.3, 0.4) is 0 Å². The Labute approximate surface area is 153 Å². The molecule has 0 spiro atoms. The first-order valence-electron chi connectivity index (χ1n) is 8.27. The van der Waals surface area contributed by atoms with E-state index in [9.17, 15) is 4.79 Å². The van der Waals surface area contributed by atoms with Crippen LogP contribution in [0.4, 0.5) is 0 Å². The number of halogens is 1. The van der Waals surface area contributed by atoms with Gasteiger partial charge in [0, 0.05) is 24.2 Å². The molecule has 5 heteroatoms. The summed E-state index contributed by atoms with van der Waals surface area (Å²) in [4.78, 5) is 14.6. The lowest BCUT2D eigenvalue weighted by Gasteiger charge is -2.28. The van der Waals surface area contributed by atoms with Crippen molar-refractivity contribution >= 4 is 17.5 Å². The Morgan fingerprint density at radius 1 is 1.32 bits per heavy atom. The van der Waals surface area contributed by atoms with E-state index in [-0.39, 0.29) is 11.8 Å². The second kappa shape index (κ2) is 7.36. The number of nitrogens with zero attached hydrogens (tertiary/aromatic N) is 1.